The van der Waals surface area contributed by atoms with Crippen molar-refractivity contribution >= 4 is 23.2 Å². The molecule has 0 saturated carbocycles. The van der Waals surface area contributed by atoms with Crippen LogP contribution in [0.15, 0.2) is 59.7 Å². The molecule has 2 N–H and O–H groups in total. The van der Waals surface area contributed by atoms with Crippen LogP contribution in [0.3, 0.4) is 0 Å². The average molecular weight is 368 g/mol. The van der Waals surface area contributed by atoms with Crippen LogP contribution < -0.4 is 10.7 Å². The maximum atomic E-state index is 11.8. The molecule has 0 aliphatic rings. The van der Waals surface area contributed by atoms with E-state index in [1.54, 1.807) is 19.1 Å². The molecule has 8 heteroatoms. The number of amides is 2. The van der Waals surface area contributed by atoms with E-state index >= 15 is 0 Å². The predicted molar refractivity (Wildman–Crippen MR) is 101 cm³/mol. The molecule has 0 heterocycles. The van der Waals surface area contributed by atoms with Crippen molar-refractivity contribution in [3.63, 3.8) is 0 Å². The van der Waals surface area contributed by atoms with Crippen LogP contribution in [0.1, 0.15) is 30.9 Å². The van der Waals surface area contributed by atoms with E-state index in [2.05, 4.69) is 15.8 Å². The Kier molecular flexibility index (Phi) is 7.18. The predicted octanol–water partition coefficient (Wildman–Crippen LogP) is 2.53. The number of non-ortho nitro benzene ring substituents is 1. The first-order valence-electron chi connectivity index (χ1n) is 8.34. The van der Waals surface area contributed by atoms with E-state index in [0.29, 0.717) is 17.8 Å². The molecule has 0 bridgehead atoms. The Morgan fingerprint density at radius 1 is 1.00 bits per heavy atom. The maximum absolute atomic E-state index is 11.8. The molecule has 0 saturated heterocycles. The van der Waals surface area contributed by atoms with Gasteiger partial charge in [-0.2, -0.15) is 5.10 Å². The van der Waals surface area contributed by atoms with Crippen molar-refractivity contribution in [3.8, 4) is 0 Å². The van der Waals surface area contributed by atoms with Crippen molar-refractivity contribution in [2.24, 2.45) is 5.10 Å². The van der Waals surface area contributed by atoms with E-state index in [0.717, 1.165) is 5.56 Å². The summed E-state index contributed by atoms with van der Waals surface area (Å²) in [4.78, 5) is 33.8. The highest BCUT2D eigenvalue weighted by Crippen LogP contribution is 2.12. The van der Waals surface area contributed by atoms with Crippen molar-refractivity contribution in [2.75, 3.05) is 0 Å². The molecule has 0 aliphatic heterocycles. The molecular formula is C19H20N4O4. The van der Waals surface area contributed by atoms with Crippen LogP contribution in [0.25, 0.3) is 0 Å². The quantitative estimate of drug-likeness (QED) is 0.423. The summed E-state index contributed by atoms with van der Waals surface area (Å²) in [5.41, 5.74) is 4.51. The van der Waals surface area contributed by atoms with Gasteiger partial charge in [-0.25, -0.2) is 5.43 Å². The minimum Gasteiger partial charge on any atom is -0.352 e. The summed E-state index contributed by atoms with van der Waals surface area (Å²) in [7, 11) is 0. The molecule has 2 aromatic carbocycles. The molecule has 0 radical (unpaired) electrons. The number of nitrogens with one attached hydrogen (secondary N) is 2. The topological polar surface area (TPSA) is 114 Å². The van der Waals surface area contributed by atoms with Crippen molar-refractivity contribution in [1.29, 1.82) is 0 Å². The van der Waals surface area contributed by atoms with E-state index < -0.39 is 4.92 Å². The van der Waals surface area contributed by atoms with E-state index in [4.69, 9.17) is 0 Å². The fourth-order valence-corrected chi connectivity index (χ4v) is 2.20. The minimum atomic E-state index is -0.485. The van der Waals surface area contributed by atoms with Crippen LogP contribution >= 0.6 is 0 Å². The Hall–Kier alpha value is -3.55. The summed E-state index contributed by atoms with van der Waals surface area (Å²) in [6, 6.07) is 15.3. The van der Waals surface area contributed by atoms with Crippen molar-refractivity contribution < 1.29 is 14.5 Å². The number of carbonyl (C=O) groups is 2. The number of nitro groups is 1. The Balaban J connectivity index is 1.75. The maximum Gasteiger partial charge on any atom is 0.269 e. The second-order valence-corrected chi connectivity index (χ2v) is 5.80. The summed E-state index contributed by atoms with van der Waals surface area (Å²) in [6.45, 7) is 2.09. The number of nitro benzene ring substituents is 1. The molecule has 0 spiro atoms. The van der Waals surface area contributed by atoms with E-state index in [1.165, 1.54) is 12.1 Å². The number of nitrogens with zero attached hydrogens (tertiary/aromatic N) is 2. The second-order valence-electron chi connectivity index (χ2n) is 5.80. The first-order chi connectivity index (χ1) is 13.0. The molecule has 0 aliphatic carbocycles. The molecule has 2 aromatic rings. The van der Waals surface area contributed by atoms with Gasteiger partial charge in [0, 0.05) is 31.5 Å². The summed E-state index contributed by atoms with van der Waals surface area (Å²) >= 11 is 0. The molecule has 140 valence electrons. The number of hydrogen-bond acceptors (Lipinski definition) is 5. The Labute approximate surface area is 156 Å². The van der Waals surface area contributed by atoms with E-state index in [9.17, 15) is 19.7 Å². The van der Waals surface area contributed by atoms with E-state index in [-0.39, 0.29) is 30.3 Å². The molecule has 0 aromatic heterocycles. The zero-order chi connectivity index (χ0) is 19.6. The lowest BCUT2D eigenvalue weighted by Crippen LogP contribution is -2.26. The van der Waals surface area contributed by atoms with Gasteiger partial charge in [0.1, 0.15) is 0 Å². The largest absolute Gasteiger partial charge is 0.352 e. The Morgan fingerprint density at radius 2 is 1.63 bits per heavy atom. The first kappa shape index (κ1) is 19.8. The number of hydrogen-bond donors (Lipinski definition) is 2. The van der Waals surface area contributed by atoms with Gasteiger partial charge >= 0.3 is 0 Å². The summed E-state index contributed by atoms with van der Waals surface area (Å²) in [5.74, 6) is -0.601. The second kappa shape index (κ2) is 9.81. The van der Waals surface area contributed by atoms with Crippen LogP contribution in [0.4, 0.5) is 5.69 Å². The fraction of sp³-hybridized carbons (Fsp3) is 0.211. The third kappa shape index (κ3) is 6.69. The summed E-state index contributed by atoms with van der Waals surface area (Å²) in [5, 5.41) is 17.3. The smallest absolute Gasteiger partial charge is 0.269 e. The SMILES string of the molecule is C/C(=N\NC(=O)CCC(=O)NCc1ccccc1)c1ccc([N+](=O)[O-])cc1. The van der Waals surface area contributed by atoms with Crippen molar-refractivity contribution in [3.05, 3.63) is 75.8 Å². The van der Waals surface area contributed by atoms with Crippen LogP contribution in [-0.2, 0) is 16.1 Å². The number of rotatable bonds is 8. The lowest BCUT2D eigenvalue weighted by atomic mass is 10.1. The Bertz CT molecular complexity index is 833. The van der Waals surface area contributed by atoms with Gasteiger partial charge in [0.15, 0.2) is 0 Å². The number of carbonyl (C=O) groups excluding carboxylic acids is 2. The van der Waals surface area contributed by atoms with Crippen LogP contribution in [-0.4, -0.2) is 22.4 Å². The fourth-order valence-electron chi connectivity index (χ4n) is 2.20. The normalized spacial score (nSPS) is 10.9. The highest BCUT2D eigenvalue weighted by molar-refractivity contribution is 5.99. The van der Waals surface area contributed by atoms with Gasteiger partial charge in [0.05, 0.1) is 10.6 Å². The highest BCUT2D eigenvalue weighted by Gasteiger charge is 2.08. The molecule has 2 amide bonds. The van der Waals surface area contributed by atoms with Gasteiger partial charge in [-0.1, -0.05) is 30.3 Å². The van der Waals surface area contributed by atoms with Gasteiger partial charge in [-0.15, -0.1) is 0 Å². The molecule has 8 nitrogen and oxygen atoms in total. The zero-order valence-electron chi connectivity index (χ0n) is 14.8. The van der Waals surface area contributed by atoms with Gasteiger partial charge in [0.25, 0.3) is 5.69 Å². The Morgan fingerprint density at radius 3 is 2.26 bits per heavy atom. The monoisotopic (exact) mass is 368 g/mol. The third-order valence-corrected chi connectivity index (χ3v) is 3.76. The molecular weight excluding hydrogens is 348 g/mol. The van der Waals surface area contributed by atoms with Crippen molar-refractivity contribution in [2.45, 2.75) is 26.3 Å². The molecule has 2 rings (SSSR count). The third-order valence-electron chi connectivity index (χ3n) is 3.76. The first-order valence-corrected chi connectivity index (χ1v) is 8.34. The van der Waals surface area contributed by atoms with E-state index in [1.807, 2.05) is 30.3 Å². The van der Waals surface area contributed by atoms with Gasteiger partial charge < -0.3 is 5.32 Å². The molecule has 0 atom stereocenters. The molecule has 0 fully saturated rings. The van der Waals surface area contributed by atoms with Gasteiger partial charge in [-0.3, -0.25) is 19.7 Å². The van der Waals surface area contributed by atoms with Gasteiger partial charge in [0.2, 0.25) is 11.8 Å². The minimum absolute atomic E-state index is 0.0116. The molecule has 0 unspecified atom stereocenters. The lowest BCUT2D eigenvalue weighted by Gasteiger charge is -2.05. The molecule has 27 heavy (non-hydrogen) atoms. The standard InChI is InChI=1S/C19H20N4O4/c1-14(16-7-9-17(10-8-16)23(26)27)21-22-19(25)12-11-18(24)20-13-15-5-3-2-4-6-15/h2-10H,11-13H2,1H3,(H,20,24)(H,22,25)/b21-14+. The highest BCUT2D eigenvalue weighted by atomic mass is 16.6. The van der Waals surface area contributed by atoms with Crippen molar-refractivity contribution in [1.82, 2.24) is 10.7 Å². The summed E-state index contributed by atoms with van der Waals surface area (Å²) in [6.07, 6.45) is 0.0719. The van der Waals surface area contributed by atoms with Crippen LogP contribution in [0, 0.1) is 10.1 Å². The number of benzene rings is 2. The van der Waals surface area contributed by atoms with Crippen LogP contribution in [0.2, 0.25) is 0 Å². The average Bonchev–Trinajstić information content (AvgIpc) is 2.69. The lowest BCUT2D eigenvalue weighted by molar-refractivity contribution is -0.384. The number of hydrazone groups is 1. The summed E-state index contributed by atoms with van der Waals surface area (Å²) < 4.78 is 0. The van der Waals surface area contributed by atoms with Crippen LogP contribution in [0.5, 0.6) is 0 Å². The zero-order valence-corrected chi connectivity index (χ0v) is 14.8. The van der Waals surface area contributed by atoms with Gasteiger partial charge in [-0.05, 0) is 30.2 Å².